The van der Waals surface area contributed by atoms with Crippen LogP contribution in [0.5, 0.6) is 0 Å². The van der Waals surface area contributed by atoms with Gasteiger partial charge in [0.25, 0.3) is 0 Å². The number of nitrogens with zero attached hydrogens (tertiary/aromatic N) is 3. The molecule has 2 N–H and O–H groups in total. The summed E-state index contributed by atoms with van der Waals surface area (Å²) in [5, 5.41) is 16.2. The van der Waals surface area contributed by atoms with Crippen molar-refractivity contribution in [3.8, 4) is 5.69 Å². The van der Waals surface area contributed by atoms with Crippen LogP contribution < -0.4 is 10.6 Å². The van der Waals surface area contributed by atoms with Gasteiger partial charge < -0.3 is 10.6 Å². The second-order valence-corrected chi connectivity index (χ2v) is 9.96. The van der Waals surface area contributed by atoms with Gasteiger partial charge in [0.15, 0.2) is 11.0 Å². The van der Waals surface area contributed by atoms with E-state index in [0.29, 0.717) is 21.6 Å². The van der Waals surface area contributed by atoms with Crippen LogP contribution >= 0.6 is 35.0 Å². The molecule has 1 unspecified atom stereocenters. The Bertz CT molecular complexity index is 1340. The highest BCUT2D eigenvalue weighted by Gasteiger charge is 2.21. The molecule has 6 nitrogen and oxygen atoms in total. The van der Waals surface area contributed by atoms with Gasteiger partial charge in [-0.1, -0.05) is 76.9 Å². The predicted octanol–water partition coefficient (Wildman–Crippen LogP) is 7.37. The molecular weight excluding hydrogens is 501 g/mol. The molecule has 2 amide bonds. The van der Waals surface area contributed by atoms with E-state index in [9.17, 15) is 4.79 Å². The SMILES string of the molecule is Cc1ccc(-n2c(SCc3ccccc3C)nnc2C(C)NC(=O)Nc2ccc(Cl)cc2Cl)cc1. The van der Waals surface area contributed by atoms with Gasteiger partial charge in [-0.2, -0.15) is 0 Å². The van der Waals surface area contributed by atoms with Gasteiger partial charge >= 0.3 is 6.03 Å². The zero-order valence-corrected chi connectivity index (χ0v) is 21.9. The van der Waals surface area contributed by atoms with E-state index in [1.807, 2.05) is 54.8 Å². The molecule has 0 radical (unpaired) electrons. The maximum absolute atomic E-state index is 12.7. The normalized spacial score (nSPS) is 11.8. The zero-order chi connectivity index (χ0) is 24.9. The lowest BCUT2D eigenvalue weighted by Gasteiger charge is -2.17. The average Bonchev–Trinajstić information content (AvgIpc) is 3.25. The molecule has 0 fully saturated rings. The highest BCUT2D eigenvalue weighted by molar-refractivity contribution is 7.98. The molecule has 9 heteroatoms. The van der Waals surface area contributed by atoms with E-state index in [1.54, 1.807) is 30.0 Å². The molecule has 1 aromatic heterocycles. The average molecular weight is 526 g/mol. The van der Waals surface area contributed by atoms with E-state index in [2.05, 4.69) is 39.9 Å². The van der Waals surface area contributed by atoms with E-state index in [-0.39, 0.29) is 0 Å². The van der Waals surface area contributed by atoms with E-state index in [0.717, 1.165) is 22.2 Å². The number of aromatic nitrogens is 3. The van der Waals surface area contributed by atoms with Gasteiger partial charge in [0.1, 0.15) is 0 Å². The Morgan fingerprint density at radius 1 is 1.03 bits per heavy atom. The summed E-state index contributed by atoms with van der Waals surface area (Å²) in [5.41, 5.74) is 5.02. The topological polar surface area (TPSA) is 71.8 Å². The summed E-state index contributed by atoms with van der Waals surface area (Å²) >= 11 is 13.7. The Morgan fingerprint density at radius 3 is 2.49 bits per heavy atom. The predicted molar refractivity (Wildman–Crippen MR) is 144 cm³/mol. The molecule has 1 atom stereocenters. The minimum Gasteiger partial charge on any atom is -0.328 e. The molecule has 35 heavy (non-hydrogen) atoms. The molecule has 0 aliphatic carbocycles. The maximum Gasteiger partial charge on any atom is 0.319 e. The number of carbonyl (C=O) groups is 1. The summed E-state index contributed by atoms with van der Waals surface area (Å²) in [7, 11) is 0. The fourth-order valence-electron chi connectivity index (χ4n) is 3.52. The van der Waals surface area contributed by atoms with Crippen molar-refractivity contribution >= 4 is 46.7 Å². The third kappa shape index (κ3) is 6.17. The highest BCUT2D eigenvalue weighted by atomic mass is 35.5. The Balaban J connectivity index is 1.57. The largest absolute Gasteiger partial charge is 0.328 e. The number of aryl methyl sites for hydroxylation is 2. The Kier molecular flexibility index (Phi) is 8.00. The lowest BCUT2D eigenvalue weighted by molar-refractivity contribution is 0.249. The number of nitrogens with one attached hydrogen (secondary N) is 2. The first-order valence-corrected chi connectivity index (χ1v) is 12.8. The number of hydrogen-bond acceptors (Lipinski definition) is 4. The number of benzene rings is 3. The Morgan fingerprint density at radius 2 is 1.77 bits per heavy atom. The third-order valence-electron chi connectivity index (χ3n) is 5.48. The van der Waals surface area contributed by atoms with Crippen LogP contribution in [0.3, 0.4) is 0 Å². The monoisotopic (exact) mass is 525 g/mol. The molecule has 0 saturated carbocycles. The highest BCUT2D eigenvalue weighted by Crippen LogP contribution is 2.29. The van der Waals surface area contributed by atoms with E-state index >= 15 is 0 Å². The van der Waals surface area contributed by atoms with Crippen LogP contribution in [0, 0.1) is 13.8 Å². The van der Waals surface area contributed by atoms with Crippen molar-refractivity contribution in [2.45, 2.75) is 37.7 Å². The van der Waals surface area contributed by atoms with Crippen molar-refractivity contribution in [2.75, 3.05) is 5.32 Å². The standard InChI is InChI=1S/C26H25Cl2N5OS/c1-16-8-11-21(12-9-16)33-24(31-32-26(33)35-15-19-7-5-4-6-17(19)2)18(3)29-25(34)30-23-13-10-20(27)14-22(23)28/h4-14,18H,15H2,1-3H3,(H2,29,30,34). The molecule has 180 valence electrons. The van der Waals surface area contributed by atoms with Crippen molar-refractivity contribution < 1.29 is 4.79 Å². The quantitative estimate of drug-likeness (QED) is 0.247. The lowest BCUT2D eigenvalue weighted by Crippen LogP contribution is -2.32. The summed E-state index contributed by atoms with van der Waals surface area (Å²) in [6, 6.07) is 20.5. The summed E-state index contributed by atoms with van der Waals surface area (Å²) in [6.07, 6.45) is 0. The van der Waals surface area contributed by atoms with Gasteiger partial charge in [-0.05, 0) is 62.2 Å². The van der Waals surface area contributed by atoms with Crippen molar-refractivity contribution in [3.05, 3.63) is 99.3 Å². The van der Waals surface area contributed by atoms with Gasteiger partial charge in [0.2, 0.25) is 0 Å². The first-order valence-electron chi connectivity index (χ1n) is 11.0. The molecule has 4 rings (SSSR count). The molecule has 0 saturated heterocycles. The van der Waals surface area contributed by atoms with Crippen molar-refractivity contribution in [1.29, 1.82) is 0 Å². The van der Waals surface area contributed by atoms with Crippen LogP contribution in [0.1, 0.15) is 35.5 Å². The summed E-state index contributed by atoms with van der Waals surface area (Å²) < 4.78 is 1.99. The second-order valence-electron chi connectivity index (χ2n) is 8.17. The van der Waals surface area contributed by atoms with Crippen molar-refractivity contribution in [1.82, 2.24) is 20.1 Å². The number of anilines is 1. The fourth-order valence-corrected chi connectivity index (χ4v) is 5.01. The van der Waals surface area contributed by atoms with Gasteiger partial charge in [-0.3, -0.25) is 4.57 Å². The Hall–Kier alpha value is -3.00. The van der Waals surface area contributed by atoms with E-state index in [4.69, 9.17) is 23.2 Å². The summed E-state index contributed by atoms with van der Waals surface area (Å²) in [5.74, 6) is 1.38. The van der Waals surface area contributed by atoms with Crippen molar-refractivity contribution in [2.24, 2.45) is 0 Å². The zero-order valence-electron chi connectivity index (χ0n) is 19.5. The van der Waals surface area contributed by atoms with E-state index < -0.39 is 12.1 Å². The third-order valence-corrected chi connectivity index (χ3v) is 7.01. The Labute approximate surface area is 219 Å². The van der Waals surface area contributed by atoms with Crippen LogP contribution in [-0.2, 0) is 5.75 Å². The first-order chi connectivity index (χ1) is 16.8. The van der Waals surface area contributed by atoms with Crippen molar-refractivity contribution in [3.63, 3.8) is 0 Å². The van der Waals surface area contributed by atoms with Gasteiger partial charge in [-0.25, -0.2) is 4.79 Å². The smallest absolute Gasteiger partial charge is 0.319 e. The number of halogens is 2. The van der Waals surface area contributed by atoms with Gasteiger partial charge in [-0.15, -0.1) is 10.2 Å². The second kappa shape index (κ2) is 11.2. The lowest BCUT2D eigenvalue weighted by atomic mass is 10.1. The molecule has 0 aliphatic rings. The number of hydrogen-bond donors (Lipinski definition) is 2. The first kappa shape index (κ1) is 25.1. The molecule has 0 bridgehead atoms. The van der Waals surface area contributed by atoms with Crippen LogP contribution in [0.15, 0.2) is 71.9 Å². The summed E-state index contributed by atoms with van der Waals surface area (Å²) in [6.45, 7) is 6.01. The summed E-state index contributed by atoms with van der Waals surface area (Å²) in [4.78, 5) is 12.7. The minimum absolute atomic E-state index is 0.359. The molecule has 0 spiro atoms. The molecule has 4 aromatic rings. The molecule has 1 heterocycles. The maximum atomic E-state index is 12.7. The molecule has 0 aliphatic heterocycles. The minimum atomic E-state index is -0.428. The number of carbonyl (C=O) groups excluding carboxylic acids is 1. The van der Waals surface area contributed by atoms with Gasteiger partial charge in [0, 0.05) is 16.5 Å². The molecule has 3 aromatic carbocycles. The van der Waals surface area contributed by atoms with E-state index in [1.165, 1.54) is 11.1 Å². The number of rotatable bonds is 7. The molecular formula is C26H25Cl2N5OS. The number of amides is 2. The van der Waals surface area contributed by atoms with Crippen LogP contribution in [0.25, 0.3) is 5.69 Å². The van der Waals surface area contributed by atoms with Gasteiger partial charge in [0.05, 0.1) is 16.8 Å². The van der Waals surface area contributed by atoms with Crippen LogP contribution in [0.4, 0.5) is 10.5 Å². The number of thioether (sulfide) groups is 1. The van der Waals surface area contributed by atoms with Crippen LogP contribution in [-0.4, -0.2) is 20.8 Å². The van der Waals surface area contributed by atoms with Crippen LogP contribution in [0.2, 0.25) is 10.0 Å². The fraction of sp³-hybridized carbons (Fsp3) is 0.192. The number of urea groups is 1.